The van der Waals surface area contributed by atoms with Gasteiger partial charge in [0.1, 0.15) is 11.6 Å². The van der Waals surface area contributed by atoms with Crippen LogP contribution in [0.4, 0.5) is 4.39 Å². The minimum atomic E-state index is -0.374. The minimum absolute atomic E-state index is 0.0799. The molecule has 0 spiro atoms. The molecule has 0 aliphatic carbocycles. The monoisotopic (exact) mass is 211 g/mol. The molecule has 0 bridgehead atoms. The van der Waals surface area contributed by atoms with Gasteiger partial charge in [0.15, 0.2) is 6.61 Å². The van der Waals surface area contributed by atoms with Crippen molar-refractivity contribution in [1.29, 1.82) is 0 Å². The fourth-order valence-corrected chi connectivity index (χ4v) is 1.02. The Morgan fingerprint density at radius 3 is 3.00 bits per heavy atom. The van der Waals surface area contributed by atoms with Gasteiger partial charge >= 0.3 is 0 Å². The molecule has 1 rings (SSSR count). The maximum absolute atomic E-state index is 12.7. The summed E-state index contributed by atoms with van der Waals surface area (Å²) >= 11 is 0. The van der Waals surface area contributed by atoms with E-state index in [4.69, 9.17) is 4.74 Å². The summed E-state index contributed by atoms with van der Waals surface area (Å²) < 4.78 is 17.8. The van der Waals surface area contributed by atoms with Gasteiger partial charge in [0.05, 0.1) is 0 Å². The second kappa shape index (κ2) is 6.01. The summed E-state index contributed by atoms with van der Waals surface area (Å²) in [4.78, 5) is 11.1. The lowest BCUT2D eigenvalue weighted by molar-refractivity contribution is -0.123. The molecule has 1 aromatic carbocycles. The molecule has 15 heavy (non-hydrogen) atoms. The standard InChI is InChI=1S/C11H14FNO2/c1-2-6-13-11(14)8-15-10-5-3-4-9(12)7-10/h3-5,7H,2,6,8H2,1H3,(H,13,14). The van der Waals surface area contributed by atoms with Gasteiger partial charge < -0.3 is 10.1 Å². The predicted octanol–water partition coefficient (Wildman–Crippen LogP) is 1.73. The van der Waals surface area contributed by atoms with E-state index >= 15 is 0 Å². The molecule has 0 aliphatic heterocycles. The summed E-state index contributed by atoms with van der Waals surface area (Å²) in [5.74, 6) is -0.204. The van der Waals surface area contributed by atoms with Crippen LogP contribution in [0.2, 0.25) is 0 Å². The second-order valence-electron chi connectivity index (χ2n) is 3.10. The Labute approximate surface area is 88.2 Å². The second-order valence-corrected chi connectivity index (χ2v) is 3.10. The van der Waals surface area contributed by atoms with Gasteiger partial charge in [0, 0.05) is 12.6 Å². The molecule has 3 nitrogen and oxygen atoms in total. The Kier molecular flexibility index (Phi) is 4.60. The first-order valence-electron chi connectivity index (χ1n) is 4.87. The van der Waals surface area contributed by atoms with E-state index in [0.29, 0.717) is 12.3 Å². The SMILES string of the molecule is CCCNC(=O)COc1cccc(F)c1. The Morgan fingerprint density at radius 2 is 2.33 bits per heavy atom. The van der Waals surface area contributed by atoms with E-state index in [1.165, 1.54) is 18.2 Å². The molecule has 4 heteroatoms. The summed E-state index contributed by atoms with van der Waals surface area (Å²) in [5.41, 5.74) is 0. The molecular formula is C11H14FNO2. The van der Waals surface area contributed by atoms with Crippen molar-refractivity contribution in [3.8, 4) is 5.75 Å². The zero-order valence-electron chi connectivity index (χ0n) is 8.63. The smallest absolute Gasteiger partial charge is 0.257 e. The number of hydrogen-bond donors (Lipinski definition) is 1. The zero-order chi connectivity index (χ0) is 11.1. The van der Waals surface area contributed by atoms with E-state index in [2.05, 4.69) is 5.32 Å². The van der Waals surface area contributed by atoms with E-state index in [9.17, 15) is 9.18 Å². The van der Waals surface area contributed by atoms with Crippen LogP contribution in [0.15, 0.2) is 24.3 Å². The summed E-state index contributed by atoms with van der Waals surface area (Å²) in [6.07, 6.45) is 0.881. The van der Waals surface area contributed by atoms with Crippen molar-refractivity contribution in [3.63, 3.8) is 0 Å². The number of carbonyl (C=O) groups excluding carboxylic acids is 1. The van der Waals surface area contributed by atoms with Gasteiger partial charge in [0.2, 0.25) is 0 Å². The van der Waals surface area contributed by atoms with Gasteiger partial charge in [-0.15, -0.1) is 0 Å². The number of ether oxygens (including phenoxy) is 1. The number of hydrogen-bond acceptors (Lipinski definition) is 2. The molecule has 0 aromatic heterocycles. The zero-order valence-corrected chi connectivity index (χ0v) is 8.63. The van der Waals surface area contributed by atoms with Crippen molar-refractivity contribution in [3.05, 3.63) is 30.1 Å². The average Bonchev–Trinajstić information content (AvgIpc) is 2.23. The van der Waals surface area contributed by atoms with Gasteiger partial charge in [-0.3, -0.25) is 4.79 Å². The number of halogens is 1. The highest BCUT2D eigenvalue weighted by Gasteiger charge is 2.01. The molecule has 1 amide bonds. The lowest BCUT2D eigenvalue weighted by Crippen LogP contribution is -2.29. The number of carbonyl (C=O) groups is 1. The largest absolute Gasteiger partial charge is 0.484 e. The van der Waals surface area contributed by atoms with Crippen molar-refractivity contribution in [2.24, 2.45) is 0 Å². The molecule has 0 radical (unpaired) electrons. The fraction of sp³-hybridized carbons (Fsp3) is 0.364. The van der Waals surface area contributed by atoms with Crippen LogP contribution in [0, 0.1) is 5.82 Å². The first-order chi connectivity index (χ1) is 7.22. The molecule has 0 fully saturated rings. The molecule has 0 atom stereocenters. The predicted molar refractivity (Wildman–Crippen MR) is 55.2 cm³/mol. The van der Waals surface area contributed by atoms with Crippen LogP contribution in [0.5, 0.6) is 5.75 Å². The van der Waals surface area contributed by atoms with Crippen molar-refractivity contribution in [2.45, 2.75) is 13.3 Å². The fourth-order valence-electron chi connectivity index (χ4n) is 1.02. The highest BCUT2D eigenvalue weighted by atomic mass is 19.1. The van der Waals surface area contributed by atoms with Crippen LogP contribution in [-0.4, -0.2) is 19.1 Å². The molecule has 0 heterocycles. The first-order valence-corrected chi connectivity index (χ1v) is 4.87. The third kappa shape index (κ3) is 4.44. The van der Waals surface area contributed by atoms with E-state index in [1.807, 2.05) is 6.92 Å². The van der Waals surface area contributed by atoms with Crippen molar-refractivity contribution in [2.75, 3.05) is 13.2 Å². The Bertz CT molecular complexity index is 328. The number of amides is 1. The minimum Gasteiger partial charge on any atom is -0.484 e. The van der Waals surface area contributed by atoms with Gasteiger partial charge in [-0.2, -0.15) is 0 Å². The summed E-state index contributed by atoms with van der Waals surface area (Å²) in [7, 11) is 0. The van der Waals surface area contributed by atoms with E-state index in [0.717, 1.165) is 6.42 Å². The lowest BCUT2D eigenvalue weighted by Gasteiger charge is -2.06. The first kappa shape index (κ1) is 11.5. The van der Waals surface area contributed by atoms with E-state index in [-0.39, 0.29) is 18.3 Å². The highest BCUT2D eigenvalue weighted by molar-refractivity contribution is 5.77. The topological polar surface area (TPSA) is 38.3 Å². The van der Waals surface area contributed by atoms with Gasteiger partial charge in [0.25, 0.3) is 5.91 Å². The number of benzene rings is 1. The third-order valence-corrected chi connectivity index (χ3v) is 1.74. The molecular weight excluding hydrogens is 197 g/mol. The van der Waals surface area contributed by atoms with Crippen molar-refractivity contribution < 1.29 is 13.9 Å². The molecule has 0 unspecified atom stereocenters. The third-order valence-electron chi connectivity index (χ3n) is 1.74. The normalized spacial score (nSPS) is 9.73. The lowest BCUT2D eigenvalue weighted by atomic mass is 10.3. The molecule has 1 aromatic rings. The summed E-state index contributed by atoms with van der Waals surface area (Å²) in [6.45, 7) is 2.52. The Balaban J connectivity index is 2.33. The van der Waals surface area contributed by atoms with Crippen molar-refractivity contribution in [1.82, 2.24) is 5.32 Å². The quantitative estimate of drug-likeness (QED) is 0.805. The number of rotatable bonds is 5. The molecule has 0 saturated heterocycles. The summed E-state index contributed by atoms with van der Waals surface area (Å²) in [6, 6.07) is 5.71. The van der Waals surface area contributed by atoms with E-state index in [1.54, 1.807) is 6.07 Å². The highest BCUT2D eigenvalue weighted by Crippen LogP contribution is 2.11. The van der Waals surface area contributed by atoms with Gasteiger partial charge in [-0.25, -0.2) is 4.39 Å². The van der Waals surface area contributed by atoms with Crippen LogP contribution < -0.4 is 10.1 Å². The molecule has 82 valence electrons. The van der Waals surface area contributed by atoms with Crippen LogP contribution >= 0.6 is 0 Å². The average molecular weight is 211 g/mol. The van der Waals surface area contributed by atoms with Crippen LogP contribution in [0.25, 0.3) is 0 Å². The van der Waals surface area contributed by atoms with E-state index < -0.39 is 0 Å². The maximum Gasteiger partial charge on any atom is 0.257 e. The Hall–Kier alpha value is -1.58. The van der Waals surface area contributed by atoms with Crippen LogP contribution in [-0.2, 0) is 4.79 Å². The molecule has 0 aliphatic rings. The number of nitrogens with one attached hydrogen (secondary N) is 1. The maximum atomic E-state index is 12.7. The van der Waals surface area contributed by atoms with Crippen LogP contribution in [0.1, 0.15) is 13.3 Å². The summed E-state index contributed by atoms with van der Waals surface area (Å²) in [5, 5.41) is 2.66. The van der Waals surface area contributed by atoms with Gasteiger partial charge in [-0.1, -0.05) is 13.0 Å². The molecule has 0 saturated carbocycles. The molecule has 1 N–H and O–H groups in total. The van der Waals surface area contributed by atoms with Crippen molar-refractivity contribution >= 4 is 5.91 Å². The van der Waals surface area contributed by atoms with Gasteiger partial charge in [-0.05, 0) is 18.6 Å². The Morgan fingerprint density at radius 1 is 1.53 bits per heavy atom. The van der Waals surface area contributed by atoms with Crippen LogP contribution in [0.3, 0.4) is 0 Å².